The molecular weight excluding hydrogens is 368 g/mol. The van der Waals surface area contributed by atoms with Gasteiger partial charge in [-0.25, -0.2) is 14.6 Å². The van der Waals surface area contributed by atoms with Gasteiger partial charge in [0.2, 0.25) is 0 Å². The van der Waals surface area contributed by atoms with Gasteiger partial charge in [-0.1, -0.05) is 6.07 Å². The zero-order valence-corrected chi connectivity index (χ0v) is 16.6. The second-order valence-corrected chi connectivity index (χ2v) is 7.06. The van der Waals surface area contributed by atoms with Crippen molar-refractivity contribution < 1.29 is 4.74 Å². The van der Waals surface area contributed by atoms with Gasteiger partial charge in [0.25, 0.3) is 5.95 Å². The second-order valence-electron chi connectivity index (χ2n) is 7.06. The molecule has 3 aromatic rings. The van der Waals surface area contributed by atoms with Crippen molar-refractivity contribution in [3.63, 3.8) is 0 Å². The summed E-state index contributed by atoms with van der Waals surface area (Å²) in [6.45, 7) is 5.45. The number of aromatic nitrogens is 5. The quantitative estimate of drug-likeness (QED) is 0.719. The molecule has 1 saturated heterocycles. The summed E-state index contributed by atoms with van der Waals surface area (Å²) in [5.74, 6) is 1.23. The summed E-state index contributed by atoms with van der Waals surface area (Å²) in [5.41, 5.74) is 8.98. The average Bonchev–Trinajstić information content (AvgIpc) is 3.33. The molecule has 1 atom stereocenters. The van der Waals surface area contributed by atoms with E-state index in [1.165, 1.54) is 0 Å². The number of anilines is 2. The van der Waals surface area contributed by atoms with Crippen LogP contribution < -0.4 is 10.6 Å². The van der Waals surface area contributed by atoms with E-state index in [1.54, 1.807) is 11.8 Å². The largest absolute Gasteiger partial charge is 0.382 e. The van der Waals surface area contributed by atoms with Crippen molar-refractivity contribution in [3.05, 3.63) is 41.2 Å². The van der Waals surface area contributed by atoms with Crippen molar-refractivity contribution in [2.24, 2.45) is 0 Å². The predicted octanol–water partition coefficient (Wildman–Crippen LogP) is 2.02. The van der Waals surface area contributed by atoms with E-state index in [9.17, 15) is 5.26 Å². The van der Waals surface area contributed by atoms with Crippen LogP contribution in [0.2, 0.25) is 0 Å². The Morgan fingerprint density at radius 1 is 1.24 bits per heavy atom. The smallest absolute Gasteiger partial charge is 0.253 e. The van der Waals surface area contributed by atoms with Gasteiger partial charge in [0.05, 0.1) is 17.5 Å². The topological polar surface area (TPSA) is 119 Å². The number of aryl methyl sites for hydroxylation is 2. The fourth-order valence-electron chi connectivity index (χ4n) is 3.55. The molecule has 2 N–H and O–H groups in total. The van der Waals surface area contributed by atoms with Gasteiger partial charge in [-0.05, 0) is 38.5 Å². The Labute approximate surface area is 168 Å². The van der Waals surface area contributed by atoms with Crippen LogP contribution in [0, 0.1) is 25.2 Å². The van der Waals surface area contributed by atoms with Crippen LogP contribution in [0.1, 0.15) is 23.4 Å². The van der Waals surface area contributed by atoms with Gasteiger partial charge in [-0.2, -0.15) is 15.3 Å². The summed E-state index contributed by atoms with van der Waals surface area (Å²) >= 11 is 0. The lowest BCUT2D eigenvalue weighted by atomic mass is 10.1. The Kier molecular flexibility index (Phi) is 4.86. The predicted molar refractivity (Wildman–Crippen MR) is 109 cm³/mol. The first-order valence-electron chi connectivity index (χ1n) is 9.36. The molecule has 1 aliphatic heterocycles. The third-order valence-electron chi connectivity index (χ3n) is 5.02. The van der Waals surface area contributed by atoms with Crippen LogP contribution in [0.3, 0.4) is 0 Å². The van der Waals surface area contributed by atoms with Crippen LogP contribution in [0.25, 0.3) is 17.3 Å². The van der Waals surface area contributed by atoms with Crippen LogP contribution in [0.15, 0.2) is 24.3 Å². The summed E-state index contributed by atoms with van der Waals surface area (Å²) in [4.78, 5) is 15.8. The molecule has 0 radical (unpaired) electrons. The highest BCUT2D eigenvalue weighted by molar-refractivity contribution is 5.71. The molecule has 0 unspecified atom stereocenters. The molecule has 0 spiro atoms. The summed E-state index contributed by atoms with van der Waals surface area (Å²) < 4.78 is 7.06. The first kappa shape index (κ1) is 18.8. The molecule has 0 aromatic carbocycles. The Bertz CT molecular complexity index is 1100. The number of nitrogen functional groups attached to an aromatic ring is 1. The maximum Gasteiger partial charge on any atom is 0.253 e. The lowest BCUT2D eigenvalue weighted by Gasteiger charge is -2.18. The molecule has 29 heavy (non-hydrogen) atoms. The Morgan fingerprint density at radius 3 is 2.72 bits per heavy atom. The zero-order valence-electron chi connectivity index (χ0n) is 16.6. The molecule has 0 aliphatic carbocycles. The van der Waals surface area contributed by atoms with Gasteiger partial charge in [-0.3, -0.25) is 0 Å². The van der Waals surface area contributed by atoms with E-state index in [0.29, 0.717) is 17.3 Å². The van der Waals surface area contributed by atoms with Gasteiger partial charge < -0.3 is 15.4 Å². The van der Waals surface area contributed by atoms with Gasteiger partial charge in [0, 0.05) is 25.9 Å². The number of rotatable bonds is 4. The SMILES string of the molecule is CO[C@H]1CCN(c2cccc(-c3nc(-n4nc(C)cc4C)nc(N)c3C#N)n2)C1. The number of pyridine rings is 1. The lowest BCUT2D eigenvalue weighted by molar-refractivity contribution is 0.121. The summed E-state index contributed by atoms with van der Waals surface area (Å²) in [7, 11) is 1.72. The minimum atomic E-state index is 0.105. The highest BCUT2D eigenvalue weighted by Gasteiger charge is 2.24. The van der Waals surface area contributed by atoms with E-state index in [2.05, 4.69) is 26.0 Å². The van der Waals surface area contributed by atoms with Gasteiger partial charge >= 0.3 is 0 Å². The van der Waals surface area contributed by atoms with Crippen molar-refractivity contribution in [1.29, 1.82) is 5.26 Å². The maximum atomic E-state index is 9.64. The van der Waals surface area contributed by atoms with Crippen LogP contribution in [0.5, 0.6) is 0 Å². The Balaban J connectivity index is 1.79. The van der Waals surface area contributed by atoms with E-state index >= 15 is 0 Å². The minimum Gasteiger partial charge on any atom is -0.382 e. The van der Waals surface area contributed by atoms with Crippen LogP contribution in [0.4, 0.5) is 11.6 Å². The van der Waals surface area contributed by atoms with E-state index in [1.807, 2.05) is 38.1 Å². The van der Waals surface area contributed by atoms with Crippen LogP contribution >= 0.6 is 0 Å². The molecule has 1 aliphatic rings. The van der Waals surface area contributed by atoms with E-state index in [0.717, 1.165) is 36.7 Å². The summed E-state index contributed by atoms with van der Waals surface area (Å²) in [5, 5.41) is 14.1. The number of ether oxygens (including phenoxy) is 1. The molecular formula is C20H22N8O. The highest BCUT2D eigenvalue weighted by Crippen LogP contribution is 2.27. The first-order chi connectivity index (χ1) is 14.0. The van der Waals surface area contributed by atoms with E-state index in [4.69, 9.17) is 15.5 Å². The third-order valence-corrected chi connectivity index (χ3v) is 5.02. The molecule has 1 fully saturated rings. The fourth-order valence-corrected chi connectivity index (χ4v) is 3.55. The Hall–Kier alpha value is -3.51. The summed E-state index contributed by atoms with van der Waals surface area (Å²) in [6.07, 6.45) is 1.15. The molecule has 148 valence electrons. The van der Waals surface area contributed by atoms with Crippen molar-refractivity contribution in [3.8, 4) is 23.4 Å². The monoisotopic (exact) mass is 390 g/mol. The molecule has 3 aromatic heterocycles. The molecule has 0 bridgehead atoms. The van der Waals surface area contributed by atoms with Gasteiger partial charge in [0.1, 0.15) is 29.0 Å². The van der Waals surface area contributed by atoms with Crippen molar-refractivity contribution in [2.45, 2.75) is 26.4 Å². The molecule has 0 amide bonds. The summed E-state index contributed by atoms with van der Waals surface area (Å²) in [6, 6.07) is 9.71. The van der Waals surface area contributed by atoms with E-state index in [-0.39, 0.29) is 17.5 Å². The zero-order chi connectivity index (χ0) is 20.5. The van der Waals surface area contributed by atoms with Crippen molar-refractivity contribution in [2.75, 3.05) is 30.8 Å². The number of hydrogen-bond donors (Lipinski definition) is 1. The third kappa shape index (κ3) is 3.50. The number of hydrogen-bond acceptors (Lipinski definition) is 8. The minimum absolute atomic E-state index is 0.105. The molecule has 4 heterocycles. The molecule has 0 saturated carbocycles. The fraction of sp³-hybridized carbons (Fsp3) is 0.350. The highest BCUT2D eigenvalue weighted by atomic mass is 16.5. The standard InChI is InChI=1S/C20H22N8O/c1-12-9-13(2)28(26-12)20-24-18(15(10-21)19(22)25-20)16-5-4-6-17(23-16)27-8-7-14(11-27)29-3/h4-6,9,14H,7-8,11H2,1-3H3,(H2,22,24,25)/t14-/m0/s1. The average molecular weight is 390 g/mol. The van der Waals surface area contributed by atoms with Crippen LogP contribution in [-0.2, 0) is 4.74 Å². The Morgan fingerprint density at radius 2 is 2.07 bits per heavy atom. The van der Waals surface area contributed by atoms with Crippen LogP contribution in [-0.4, -0.2) is 51.0 Å². The maximum absolute atomic E-state index is 9.64. The second kappa shape index (κ2) is 7.48. The molecule has 9 nitrogen and oxygen atoms in total. The number of nitriles is 1. The van der Waals surface area contributed by atoms with Gasteiger partial charge in [-0.15, -0.1) is 0 Å². The number of methoxy groups -OCH3 is 1. The molecule has 9 heteroatoms. The van der Waals surface area contributed by atoms with E-state index < -0.39 is 0 Å². The lowest BCUT2D eigenvalue weighted by Crippen LogP contribution is -2.23. The number of nitrogens with two attached hydrogens (primary N) is 1. The van der Waals surface area contributed by atoms with Crippen molar-refractivity contribution in [1.82, 2.24) is 24.7 Å². The van der Waals surface area contributed by atoms with Gasteiger partial charge in [0.15, 0.2) is 0 Å². The normalized spacial score (nSPS) is 16.2. The molecule has 4 rings (SSSR count). The number of nitrogens with zero attached hydrogens (tertiary/aromatic N) is 7. The first-order valence-corrected chi connectivity index (χ1v) is 9.36. The van der Waals surface area contributed by atoms with Crippen molar-refractivity contribution >= 4 is 11.6 Å².